The summed E-state index contributed by atoms with van der Waals surface area (Å²) < 4.78 is 11.3. The lowest BCUT2D eigenvalue weighted by molar-refractivity contribution is -0.0613. The molecule has 0 spiro atoms. The van der Waals surface area contributed by atoms with E-state index in [0.29, 0.717) is 19.8 Å². The number of ether oxygens (including phenoxy) is 2. The van der Waals surface area contributed by atoms with E-state index < -0.39 is 0 Å². The SMILES string of the molecule is O=C(N[C@@H]1COCC[C@H]1OCc1ccccn1)c1cn[nH]n1. The third-order valence-electron chi connectivity index (χ3n) is 3.43. The van der Waals surface area contributed by atoms with Crippen LogP contribution in [0.4, 0.5) is 0 Å². The number of nitrogens with one attached hydrogen (secondary N) is 2. The number of hydrogen-bond acceptors (Lipinski definition) is 6. The standard InChI is InChI=1S/C14H17N5O3/c20-14(11-7-16-19-18-11)17-12-9-21-6-4-13(12)22-8-10-3-1-2-5-15-10/h1-3,5,7,12-13H,4,6,8-9H2,(H,17,20)(H,16,18,19)/t12-,13-/m1/s1. The minimum atomic E-state index is -0.296. The third kappa shape index (κ3) is 3.66. The van der Waals surface area contributed by atoms with Crippen LogP contribution >= 0.6 is 0 Å². The van der Waals surface area contributed by atoms with Crippen LogP contribution in [0.15, 0.2) is 30.6 Å². The minimum Gasteiger partial charge on any atom is -0.379 e. The van der Waals surface area contributed by atoms with Gasteiger partial charge in [-0.25, -0.2) is 0 Å². The molecule has 0 aromatic carbocycles. The monoisotopic (exact) mass is 303 g/mol. The molecule has 3 rings (SSSR count). The van der Waals surface area contributed by atoms with Crippen LogP contribution in [-0.4, -0.2) is 51.7 Å². The number of amides is 1. The highest BCUT2D eigenvalue weighted by Gasteiger charge is 2.28. The summed E-state index contributed by atoms with van der Waals surface area (Å²) in [6.07, 6.45) is 3.71. The molecule has 116 valence electrons. The molecule has 0 radical (unpaired) electrons. The zero-order chi connectivity index (χ0) is 15.2. The van der Waals surface area contributed by atoms with Gasteiger partial charge in [-0.15, -0.1) is 0 Å². The summed E-state index contributed by atoms with van der Waals surface area (Å²) in [5, 5.41) is 12.7. The summed E-state index contributed by atoms with van der Waals surface area (Å²) in [4.78, 5) is 16.3. The largest absolute Gasteiger partial charge is 0.379 e. The Bertz CT molecular complexity index is 590. The quantitative estimate of drug-likeness (QED) is 0.824. The molecule has 22 heavy (non-hydrogen) atoms. The van der Waals surface area contributed by atoms with Crippen molar-refractivity contribution in [2.75, 3.05) is 13.2 Å². The summed E-state index contributed by atoms with van der Waals surface area (Å²) in [5.74, 6) is -0.296. The van der Waals surface area contributed by atoms with Gasteiger partial charge in [-0.05, 0) is 18.6 Å². The van der Waals surface area contributed by atoms with Crippen molar-refractivity contribution in [1.82, 2.24) is 25.7 Å². The molecule has 3 heterocycles. The average Bonchev–Trinajstić information content (AvgIpc) is 3.10. The minimum absolute atomic E-state index is 0.119. The van der Waals surface area contributed by atoms with Crippen LogP contribution < -0.4 is 5.32 Å². The van der Waals surface area contributed by atoms with Crippen molar-refractivity contribution in [3.63, 3.8) is 0 Å². The second-order valence-electron chi connectivity index (χ2n) is 4.97. The molecule has 0 unspecified atom stereocenters. The van der Waals surface area contributed by atoms with Gasteiger partial charge in [0.25, 0.3) is 5.91 Å². The van der Waals surface area contributed by atoms with Gasteiger partial charge in [-0.1, -0.05) is 6.07 Å². The molecule has 0 aliphatic carbocycles. The molecule has 2 aromatic heterocycles. The Labute approximate surface area is 127 Å². The first-order valence-corrected chi connectivity index (χ1v) is 7.09. The smallest absolute Gasteiger partial charge is 0.273 e. The van der Waals surface area contributed by atoms with Crippen LogP contribution in [-0.2, 0) is 16.1 Å². The molecule has 8 nitrogen and oxygen atoms in total. The summed E-state index contributed by atoms with van der Waals surface area (Å²) in [5.41, 5.74) is 1.10. The number of carbonyl (C=O) groups excluding carboxylic acids is 1. The number of pyridine rings is 1. The fourth-order valence-corrected chi connectivity index (χ4v) is 2.28. The van der Waals surface area contributed by atoms with Crippen LogP contribution in [0.3, 0.4) is 0 Å². The van der Waals surface area contributed by atoms with Gasteiger partial charge in [0.05, 0.1) is 37.3 Å². The molecule has 1 saturated heterocycles. The topological polar surface area (TPSA) is 102 Å². The Kier molecular flexibility index (Phi) is 4.71. The summed E-state index contributed by atoms with van der Waals surface area (Å²) in [6.45, 7) is 1.43. The highest BCUT2D eigenvalue weighted by Crippen LogP contribution is 2.14. The number of rotatable bonds is 5. The zero-order valence-electron chi connectivity index (χ0n) is 11.9. The zero-order valence-corrected chi connectivity index (χ0v) is 11.9. The first-order valence-electron chi connectivity index (χ1n) is 7.09. The van der Waals surface area contributed by atoms with Gasteiger partial charge in [0, 0.05) is 12.8 Å². The van der Waals surface area contributed by atoms with Crippen molar-refractivity contribution in [2.45, 2.75) is 25.2 Å². The maximum absolute atomic E-state index is 12.0. The van der Waals surface area contributed by atoms with Crippen molar-refractivity contribution in [3.8, 4) is 0 Å². The first-order chi connectivity index (χ1) is 10.8. The van der Waals surface area contributed by atoms with Gasteiger partial charge in [0.2, 0.25) is 0 Å². The van der Waals surface area contributed by atoms with Gasteiger partial charge < -0.3 is 14.8 Å². The van der Waals surface area contributed by atoms with E-state index in [1.54, 1.807) is 6.20 Å². The molecule has 1 amide bonds. The van der Waals surface area contributed by atoms with Crippen molar-refractivity contribution >= 4 is 5.91 Å². The lowest BCUT2D eigenvalue weighted by atomic mass is 10.1. The molecule has 2 N–H and O–H groups in total. The van der Waals surface area contributed by atoms with Gasteiger partial charge in [-0.2, -0.15) is 15.4 Å². The molecular formula is C14H17N5O3. The normalized spacial score (nSPS) is 21.5. The molecule has 2 atom stereocenters. The van der Waals surface area contributed by atoms with Crippen molar-refractivity contribution < 1.29 is 14.3 Å². The Morgan fingerprint density at radius 3 is 3.23 bits per heavy atom. The van der Waals surface area contributed by atoms with E-state index in [1.165, 1.54) is 6.20 Å². The predicted molar refractivity (Wildman–Crippen MR) is 75.9 cm³/mol. The Balaban J connectivity index is 1.57. The van der Waals surface area contributed by atoms with Gasteiger partial charge in [0.15, 0.2) is 5.69 Å². The first kappa shape index (κ1) is 14.6. The highest BCUT2D eigenvalue weighted by atomic mass is 16.5. The highest BCUT2D eigenvalue weighted by molar-refractivity contribution is 5.92. The molecule has 1 aliphatic heterocycles. The lowest BCUT2D eigenvalue weighted by Gasteiger charge is -2.31. The van der Waals surface area contributed by atoms with Crippen molar-refractivity contribution in [2.24, 2.45) is 0 Å². The summed E-state index contributed by atoms with van der Waals surface area (Å²) in [6, 6.07) is 5.46. The molecule has 0 saturated carbocycles. The van der Waals surface area contributed by atoms with Crippen LogP contribution in [0.5, 0.6) is 0 Å². The number of nitrogens with zero attached hydrogens (tertiary/aromatic N) is 3. The van der Waals surface area contributed by atoms with Gasteiger partial charge in [0.1, 0.15) is 0 Å². The molecule has 0 bridgehead atoms. The van der Waals surface area contributed by atoms with E-state index in [2.05, 4.69) is 25.7 Å². The van der Waals surface area contributed by atoms with E-state index >= 15 is 0 Å². The number of hydrogen-bond donors (Lipinski definition) is 2. The second kappa shape index (κ2) is 7.10. The molecule has 1 aliphatic rings. The average molecular weight is 303 g/mol. The second-order valence-corrected chi connectivity index (χ2v) is 4.97. The van der Waals surface area contributed by atoms with Crippen molar-refractivity contribution in [3.05, 3.63) is 42.0 Å². The fraction of sp³-hybridized carbons (Fsp3) is 0.429. The van der Waals surface area contributed by atoms with Crippen molar-refractivity contribution in [1.29, 1.82) is 0 Å². The van der Waals surface area contributed by atoms with Crippen LogP contribution in [0.2, 0.25) is 0 Å². The number of H-pyrrole nitrogens is 1. The van der Waals surface area contributed by atoms with E-state index in [1.807, 2.05) is 18.2 Å². The van der Waals surface area contributed by atoms with Crippen LogP contribution in [0.1, 0.15) is 22.6 Å². The number of aromatic nitrogens is 4. The van der Waals surface area contributed by atoms with E-state index in [4.69, 9.17) is 9.47 Å². The maximum atomic E-state index is 12.0. The van der Waals surface area contributed by atoms with Crippen LogP contribution in [0, 0.1) is 0 Å². The van der Waals surface area contributed by atoms with Gasteiger partial charge in [-0.3, -0.25) is 9.78 Å². The summed E-state index contributed by atoms with van der Waals surface area (Å²) >= 11 is 0. The number of aromatic amines is 1. The maximum Gasteiger partial charge on any atom is 0.273 e. The Morgan fingerprint density at radius 2 is 2.45 bits per heavy atom. The third-order valence-corrected chi connectivity index (χ3v) is 3.43. The molecular weight excluding hydrogens is 286 g/mol. The summed E-state index contributed by atoms with van der Waals surface area (Å²) in [7, 11) is 0. The van der Waals surface area contributed by atoms with Crippen LogP contribution in [0.25, 0.3) is 0 Å². The molecule has 8 heteroatoms. The Hall–Kier alpha value is -2.32. The fourth-order valence-electron chi connectivity index (χ4n) is 2.28. The van der Waals surface area contributed by atoms with E-state index in [0.717, 1.165) is 12.1 Å². The lowest BCUT2D eigenvalue weighted by Crippen LogP contribution is -2.50. The van der Waals surface area contributed by atoms with Gasteiger partial charge >= 0.3 is 0 Å². The van der Waals surface area contributed by atoms with E-state index in [-0.39, 0.29) is 23.7 Å². The molecule has 1 fully saturated rings. The number of carbonyl (C=O) groups is 1. The van der Waals surface area contributed by atoms with E-state index in [9.17, 15) is 4.79 Å². The molecule has 2 aromatic rings. The predicted octanol–water partition coefficient (Wildman–Crippen LogP) is 0.304. The Morgan fingerprint density at radius 1 is 1.50 bits per heavy atom.